The molecular formula is C24H20FN5O3. The molecule has 4 rings (SSSR count). The number of nitrogens with one attached hydrogen (secondary N) is 1. The van der Waals surface area contributed by atoms with Gasteiger partial charge < -0.3 is 14.8 Å². The number of carbonyl (C=O) groups excluding carboxylic acids is 1. The highest BCUT2D eigenvalue weighted by atomic mass is 19.1. The summed E-state index contributed by atoms with van der Waals surface area (Å²) in [6.45, 7) is 9.36. The van der Waals surface area contributed by atoms with Crippen LogP contribution in [0.2, 0.25) is 0 Å². The van der Waals surface area contributed by atoms with Gasteiger partial charge in [0.05, 0.1) is 31.5 Å². The first-order valence-corrected chi connectivity index (χ1v) is 10.3. The number of amides is 1. The van der Waals surface area contributed by atoms with E-state index in [0.717, 1.165) is 0 Å². The van der Waals surface area contributed by atoms with Crippen LogP contribution in [0.3, 0.4) is 0 Å². The highest BCUT2D eigenvalue weighted by Gasteiger charge is 2.41. The van der Waals surface area contributed by atoms with Crippen LogP contribution in [-0.4, -0.2) is 46.8 Å². The quantitative estimate of drug-likeness (QED) is 0.479. The number of benzene rings is 1. The molecule has 1 amide bonds. The fourth-order valence-corrected chi connectivity index (χ4v) is 3.78. The van der Waals surface area contributed by atoms with E-state index in [1.807, 2.05) is 6.92 Å². The molecule has 0 bridgehead atoms. The molecule has 1 N–H and O–H groups in total. The first kappa shape index (κ1) is 22.0. The van der Waals surface area contributed by atoms with Crippen LogP contribution in [0.25, 0.3) is 15.6 Å². The van der Waals surface area contributed by atoms with Crippen LogP contribution < -0.4 is 14.8 Å². The summed E-state index contributed by atoms with van der Waals surface area (Å²) in [4.78, 5) is 27.8. The van der Waals surface area contributed by atoms with Crippen molar-refractivity contribution in [3.63, 3.8) is 0 Å². The third-order valence-electron chi connectivity index (χ3n) is 5.50. The fraction of sp³-hybridized carbons (Fsp3) is 0.292. The van der Waals surface area contributed by atoms with Crippen LogP contribution in [-0.2, 0) is 4.79 Å². The number of aromatic nitrogens is 3. The first-order valence-electron chi connectivity index (χ1n) is 10.3. The maximum absolute atomic E-state index is 14.1. The van der Waals surface area contributed by atoms with Crippen molar-refractivity contribution in [2.75, 3.05) is 13.7 Å². The van der Waals surface area contributed by atoms with Gasteiger partial charge in [-0.25, -0.2) is 19.2 Å². The summed E-state index contributed by atoms with van der Waals surface area (Å²) in [7, 11) is 1.48. The van der Waals surface area contributed by atoms with Crippen molar-refractivity contribution in [3.8, 4) is 23.5 Å². The predicted octanol–water partition coefficient (Wildman–Crippen LogP) is 3.23. The second-order valence-corrected chi connectivity index (χ2v) is 7.40. The number of hydrogen-bond acceptors (Lipinski definition) is 6. The first-order chi connectivity index (χ1) is 16.0. The van der Waals surface area contributed by atoms with Crippen LogP contribution >= 0.6 is 0 Å². The molecule has 0 aliphatic carbocycles. The Balaban J connectivity index is 1.73. The normalized spacial score (nSPS) is 19.3. The molecule has 1 aliphatic heterocycles. The van der Waals surface area contributed by atoms with Crippen molar-refractivity contribution >= 4 is 22.4 Å². The maximum Gasteiger partial charge on any atom is 0.255 e. The second-order valence-electron chi connectivity index (χ2n) is 7.40. The molecule has 9 heteroatoms. The standard InChI is InChI=1S/C24H20FN5O3/c1-4-16-20(30-23(31)22(16)25)13-33-24-18-10-21(32-3)19(26-2)9-17(18)14(11-29-24)5-6-15-12-27-7-8-28-15/h7-12,16,20,22H,4,13H2,1,3H3,(H,30,31)/t16-,20+,22-/m0/s1. The van der Waals surface area contributed by atoms with Gasteiger partial charge in [-0.2, -0.15) is 0 Å². The zero-order valence-corrected chi connectivity index (χ0v) is 18.0. The zero-order chi connectivity index (χ0) is 23.4. The van der Waals surface area contributed by atoms with Gasteiger partial charge in [-0.3, -0.25) is 9.78 Å². The molecule has 8 nitrogen and oxygen atoms in total. The van der Waals surface area contributed by atoms with Crippen molar-refractivity contribution in [1.29, 1.82) is 0 Å². The van der Waals surface area contributed by atoms with Crippen LogP contribution in [0, 0.1) is 24.3 Å². The third kappa shape index (κ3) is 4.39. The third-order valence-corrected chi connectivity index (χ3v) is 5.50. The van der Waals surface area contributed by atoms with E-state index in [0.29, 0.717) is 39.9 Å². The number of rotatable bonds is 5. The van der Waals surface area contributed by atoms with Crippen molar-refractivity contribution < 1.29 is 18.7 Å². The molecule has 2 aromatic heterocycles. The molecule has 0 spiro atoms. The Morgan fingerprint density at radius 3 is 2.76 bits per heavy atom. The van der Waals surface area contributed by atoms with E-state index in [2.05, 4.69) is 37.0 Å². The summed E-state index contributed by atoms with van der Waals surface area (Å²) in [5.41, 5.74) is 1.38. The van der Waals surface area contributed by atoms with Crippen molar-refractivity contribution in [2.24, 2.45) is 5.92 Å². The Labute approximate surface area is 190 Å². The average molecular weight is 445 g/mol. The number of halogens is 1. The molecule has 0 unspecified atom stereocenters. The predicted molar refractivity (Wildman–Crippen MR) is 119 cm³/mol. The summed E-state index contributed by atoms with van der Waals surface area (Å²) >= 11 is 0. The Morgan fingerprint density at radius 1 is 1.21 bits per heavy atom. The lowest BCUT2D eigenvalue weighted by Crippen LogP contribution is -2.34. The molecule has 0 saturated carbocycles. The van der Waals surface area contributed by atoms with E-state index in [-0.39, 0.29) is 12.5 Å². The molecule has 1 saturated heterocycles. The number of hydrogen-bond donors (Lipinski definition) is 1. The topological polar surface area (TPSA) is 90.6 Å². The van der Waals surface area contributed by atoms with Crippen molar-refractivity contribution in [2.45, 2.75) is 25.6 Å². The zero-order valence-electron chi connectivity index (χ0n) is 18.0. The summed E-state index contributed by atoms with van der Waals surface area (Å²) in [5, 5.41) is 3.88. The molecule has 3 atom stereocenters. The summed E-state index contributed by atoms with van der Waals surface area (Å²) in [6, 6.07) is 2.87. The molecule has 33 heavy (non-hydrogen) atoms. The number of fused-ring (bicyclic) bond motifs is 1. The van der Waals surface area contributed by atoms with Crippen LogP contribution in [0.4, 0.5) is 10.1 Å². The summed E-state index contributed by atoms with van der Waals surface area (Å²) < 4.78 is 25.4. The van der Waals surface area contributed by atoms with Gasteiger partial charge in [0, 0.05) is 29.9 Å². The number of ether oxygens (including phenoxy) is 2. The Kier molecular flexibility index (Phi) is 6.32. The van der Waals surface area contributed by atoms with E-state index < -0.39 is 24.0 Å². The minimum atomic E-state index is -1.55. The van der Waals surface area contributed by atoms with Gasteiger partial charge in [-0.15, -0.1) is 0 Å². The van der Waals surface area contributed by atoms with Gasteiger partial charge in [0.2, 0.25) is 11.6 Å². The molecule has 1 aromatic carbocycles. The average Bonchev–Trinajstić information content (AvgIpc) is 3.13. The largest absolute Gasteiger partial charge is 0.508 e. The lowest BCUT2D eigenvalue weighted by atomic mass is 9.97. The summed E-state index contributed by atoms with van der Waals surface area (Å²) in [5.74, 6) is 5.52. The minimum Gasteiger partial charge on any atom is -0.508 e. The van der Waals surface area contributed by atoms with Crippen molar-refractivity contribution in [1.82, 2.24) is 20.3 Å². The lowest BCUT2D eigenvalue weighted by molar-refractivity contribution is -0.123. The SMILES string of the molecule is [C-]#[N+]c1cc2c(C#Cc3cnccn3)cnc(OC[C@H]3NC(=O)[C@@H](F)[C@H]3CC)c2cc1OC. The fourth-order valence-electron chi connectivity index (χ4n) is 3.78. The molecule has 1 aliphatic rings. The van der Waals surface area contributed by atoms with Crippen LogP contribution in [0.15, 0.2) is 36.9 Å². The number of nitrogens with zero attached hydrogens (tertiary/aromatic N) is 4. The monoisotopic (exact) mass is 445 g/mol. The van der Waals surface area contributed by atoms with Gasteiger partial charge >= 0.3 is 0 Å². The molecule has 0 radical (unpaired) electrons. The van der Waals surface area contributed by atoms with E-state index in [4.69, 9.17) is 16.0 Å². The minimum absolute atomic E-state index is 0.0598. The summed E-state index contributed by atoms with van der Waals surface area (Å²) in [6.07, 6.45) is 5.15. The highest BCUT2D eigenvalue weighted by Crippen LogP contribution is 2.37. The molecule has 3 heterocycles. The Hall–Kier alpha value is -4.24. The van der Waals surface area contributed by atoms with Crippen LogP contribution in [0.1, 0.15) is 24.6 Å². The molecule has 3 aromatic rings. The highest BCUT2D eigenvalue weighted by molar-refractivity contribution is 5.96. The van der Waals surface area contributed by atoms with Crippen molar-refractivity contribution in [3.05, 3.63) is 59.6 Å². The van der Waals surface area contributed by atoms with E-state index in [9.17, 15) is 9.18 Å². The second kappa shape index (κ2) is 9.49. The Bertz CT molecular complexity index is 1300. The molecule has 1 fully saturated rings. The number of alkyl halides is 1. The van der Waals surface area contributed by atoms with Crippen LogP contribution in [0.5, 0.6) is 11.6 Å². The van der Waals surface area contributed by atoms with E-state index in [1.165, 1.54) is 7.11 Å². The molecular weight excluding hydrogens is 425 g/mol. The lowest BCUT2D eigenvalue weighted by Gasteiger charge is -2.19. The number of pyridine rings is 1. The van der Waals surface area contributed by atoms with E-state index in [1.54, 1.807) is 36.9 Å². The van der Waals surface area contributed by atoms with Gasteiger partial charge in [0.1, 0.15) is 18.1 Å². The van der Waals surface area contributed by atoms with Gasteiger partial charge in [0.15, 0.2) is 6.17 Å². The number of carbonyl (C=O) groups is 1. The van der Waals surface area contributed by atoms with Gasteiger partial charge in [0.25, 0.3) is 5.91 Å². The Morgan fingerprint density at radius 2 is 2.06 bits per heavy atom. The molecule has 166 valence electrons. The van der Waals surface area contributed by atoms with E-state index >= 15 is 0 Å². The van der Waals surface area contributed by atoms with Gasteiger partial charge in [-0.1, -0.05) is 12.8 Å². The smallest absolute Gasteiger partial charge is 0.255 e. The maximum atomic E-state index is 14.1. The van der Waals surface area contributed by atoms with Gasteiger partial charge in [-0.05, 0) is 29.9 Å². The number of methoxy groups -OCH3 is 1.